The highest BCUT2D eigenvalue weighted by Crippen LogP contribution is 2.34. The molecule has 0 bridgehead atoms. The summed E-state index contributed by atoms with van der Waals surface area (Å²) in [4.78, 5) is 25.1. The van der Waals surface area contributed by atoms with E-state index in [1.807, 2.05) is 0 Å². The zero-order chi connectivity index (χ0) is 18.2. The van der Waals surface area contributed by atoms with Gasteiger partial charge in [0, 0.05) is 5.02 Å². The standard InChI is InChI=1S/C18H24Cl2O4/c1-4-7-8-11-23-16(21)18(5-2,6-3)17(22)24-15-10-9-13(19)12-14(15)20/h9-10,12H,4-8,11H2,1-3H3. The van der Waals surface area contributed by atoms with Crippen molar-refractivity contribution in [3.8, 4) is 5.75 Å². The molecule has 0 unspecified atom stereocenters. The Labute approximate surface area is 153 Å². The minimum Gasteiger partial charge on any atom is -0.465 e. The van der Waals surface area contributed by atoms with Crippen LogP contribution in [0.1, 0.15) is 52.9 Å². The molecule has 1 aromatic rings. The van der Waals surface area contributed by atoms with E-state index in [-0.39, 0.29) is 10.8 Å². The Kier molecular flexibility index (Phi) is 8.57. The Balaban J connectivity index is 2.88. The smallest absolute Gasteiger partial charge is 0.328 e. The normalized spacial score (nSPS) is 11.2. The van der Waals surface area contributed by atoms with Gasteiger partial charge in [0.15, 0.2) is 5.41 Å². The average molecular weight is 375 g/mol. The van der Waals surface area contributed by atoms with Crippen molar-refractivity contribution in [1.29, 1.82) is 0 Å². The van der Waals surface area contributed by atoms with E-state index in [9.17, 15) is 9.59 Å². The molecule has 0 aliphatic carbocycles. The van der Waals surface area contributed by atoms with Gasteiger partial charge in [-0.05, 0) is 37.5 Å². The maximum absolute atomic E-state index is 12.6. The molecule has 0 N–H and O–H groups in total. The molecule has 0 radical (unpaired) electrons. The number of carbonyl (C=O) groups is 2. The first kappa shape index (κ1) is 20.8. The van der Waals surface area contributed by atoms with Crippen LogP contribution in [0, 0.1) is 5.41 Å². The second kappa shape index (κ2) is 9.90. The van der Waals surface area contributed by atoms with Gasteiger partial charge < -0.3 is 9.47 Å². The fourth-order valence-electron chi connectivity index (χ4n) is 2.32. The predicted molar refractivity (Wildman–Crippen MR) is 95.6 cm³/mol. The third-order valence-electron chi connectivity index (χ3n) is 4.07. The van der Waals surface area contributed by atoms with Crippen molar-refractivity contribution in [3.63, 3.8) is 0 Å². The van der Waals surface area contributed by atoms with Crippen LogP contribution < -0.4 is 4.74 Å². The lowest BCUT2D eigenvalue weighted by Crippen LogP contribution is -2.42. The Morgan fingerprint density at radius 1 is 1.04 bits per heavy atom. The van der Waals surface area contributed by atoms with Crippen LogP contribution in [0.4, 0.5) is 0 Å². The fourth-order valence-corrected chi connectivity index (χ4v) is 2.77. The van der Waals surface area contributed by atoms with Crippen LogP contribution >= 0.6 is 23.2 Å². The molecule has 0 spiro atoms. The van der Waals surface area contributed by atoms with Crippen molar-refractivity contribution in [2.75, 3.05) is 6.61 Å². The first-order chi connectivity index (χ1) is 11.4. The zero-order valence-electron chi connectivity index (χ0n) is 14.4. The molecule has 134 valence electrons. The predicted octanol–water partition coefficient (Wildman–Crippen LogP) is 5.44. The van der Waals surface area contributed by atoms with Gasteiger partial charge in [-0.15, -0.1) is 0 Å². The van der Waals surface area contributed by atoms with Crippen LogP contribution in [0.15, 0.2) is 18.2 Å². The fraction of sp³-hybridized carbons (Fsp3) is 0.556. The summed E-state index contributed by atoms with van der Waals surface area (Å²) < 4.78 is 10.7. The quantitative estimate of drug-likeness (QED) is 0.250. The lowest BCUT2D eigenvalue weighted by atomic mass is 9.82. The van der Waals surface area contributed by atoms with E-state index in [1.54, 1.807) is 19.9 Å². The summed E-state index contributed by atoms with van der Waals surface area (Å²) in [6.07, 6.45) is 3.37. The van der Waals surface area contributed by atoms with Gasteiger partial charge >= 0.3 is 11.9 Å². The zero-order valence-corrected chi connectivity index (χ0v) is 15.9. The van der Waals surface area contributed by atoms with Crippen molar-refractivity contribution in [1.82, 2.24) is 0 Å². The number of hydrogen-bond acceptors (Lipinski definition) is 4. The maximum atomic E-state index is 12.6. The van der Waals surface area contributed by atoms with Gasteiger partial charge in [0.05, 0.1) is 11.6 Å². The van der Waals surface area contributed by atoms with Crippen molar-refractivity contribution < 1.29 is 19.1 Å². The molecule has 0 aliphatic heterocycles. The number of carbonyl (C=O) groups excluding carboxylic acids is 2. The largest absolute Gasteiger partial charge is 0.465 e. The Morgan fingerprint density at radius 2 is 1.71 bits per heavy atom. The number of benzene rings is 1. The van der Waals surface area contributed by atoms with Crippen LogP contribution in [0.25, 0.3) is 0 Å². The van der Waals surface area contributed by atoms with E-state index in [4.69, 9.17) is 32.7 Å². The summed E-state index contributed by atoms with van der Waals surface area (Å²) in [6, 6.07) is 4.55. The topological polar surface area (TPSA) is 52.6 Å². The molecule has 0 saturated heterocycles. The van der Waals surface area contributed by atoms with Crippen LogP contribution in [0.5, 0.6) is 5.75 Å². The van der Waals surface area contributed by atoms with E-state index < -0.39 is 17.4 Å². The number of ether oxygens (including phenoxy) is 2. The molecule has 0 atom stereocenters. The van der Waals surface area contributed by atoms with Crippen LogP contribution in [-0.4, -0.2) is 18.5 Å². The Morgan fingerprint density at radius 3 is 2.25 bits per heavy atom. The Bertz CT molecular complexity index is 568. The molecule has 4 nitrogen and oxygen atoms in total. The second-order valence-electron chi connectivity index (χ2n) is 5.60. The minimum absolute atomic E-state index is 0.177. The number of hydrogen-bond donors (Lipinski definition) is 0. The summed E-state index contributed by atoms with van der Waals surface area (Å²) in [5, 5.41) is 0.653. The molecule has 0 aromatic heterocycles. The first-order valence-electron chi connectivity index (χ1n) is 8.25. The van der Waals surface area contributed by atoms with Gasteiger partial charge in [-0.2, -0.15) is 0 Å². The summed E-state index contributed by atoms with van der Waals surface area (Å²) in [5.74, 6) is -1.02. The highest BCUT2D eigenvalue weighted by atomic mass is 35.5. The highest BCUT2D eigenvalue weighted by Gasteiger charge is 2.46. The lowest BCUT2D eigenvalue weighted by Gasteiger charge is -2.27. The number of esters is 2. The van der Waals surface area contributed by atoms with Crippen LogP contribution in [-0.2, 0) is 14.3 Å². The lowest BCUT2D eigenvalue weighted by molar-refractivity contribution is -0.168. The third-order valence-corrected chi connectivity index (χ3v) is 4.60. The summed E-state index contributed by atoms with van der Waals surface area (Å²) in [5.41, 5.74) is -1.32. The maximum Gasteiger partial charge on any atom is 0.328 e. The number of unbranched alkanes of at least 4 members (excludes halogenated alkanes) is 2. The number of halogens is 2. The van der Waals surface area contributed by atoms with Crippen molar-refractivity contribution in [3.05, 3.63) is 28.2 Å². The molecular formula is C18H24Cl2O4. The molecule has 0 amide bonds. The first-order valence-corrected chi connectivity index (χ1v) is 9.01. The molecule has 24 heavy (non-hydrogen) atoms. The SMILES string of the molecule is CCCCCOC(=O)C(CC)(CC)C(=O)Oc1ccc(Cl)cc1Cl. The van der Waals surface area contributed by atoms with Gasteiger partial charge in [-0.25, -0.2) is 0 Å². The van der Waals surface area contributed by atoms with Gasteiger partial charge in [-0.1, -0.05) is 56.8 Å². The van der Waals surface area contributed by atoms with Gasteiger partial charge in [0.1, 0.15) is 5.75 Å². The van der Waals surface area contributed by atoms with Gasteiger partial charge in [0.25, 0.3) is 0 Å². The molecule has 1 aromatic carbocycles. The summed E-state index contributed by atoms with van der Waals surface area (Å²) in [6.45, 7) is 5.91. The van der Waals surface area contributed by atoms with Crippen molar-refractivity contribution in [2.45, 2.75) is 52.9 Å². The van der Waals surface area contributed by atoms with E-state index in [0.29, 0.717) is 24.5 Å². The highest BCUT2D eigenvalue weighted by molar-refractivity contribution is 6.35. The van der Waals surface area contributed by atoms with Crippen LogP contribution in [0.3, 0.4) is 0 Å². The monoisotopic (exact) mass is 374 g/mol. The van der Waals surface area contributed by atoms with Crippen LogP contribution in [0.2, 0.25) is 10.0 Å². The van der Waals surface area contributed by atoms with Crippen molar-refractivity contribution >= 4 is 35.1 Å². The third kappa shape index (κ3) is 5.12. The number of rotatable bonds is 9. The van der Waals surface area contributed by atoms with Gasteiger partial charge in [0.2, 0.25) is 0 Å². The van der Waals surface area contributed by atoms with E-state index >= 15 is 0 Å². The molecule has 0 heterocycles. The molecule has 0 aliphatic rings. The minimum atomic E-state index is -1.32. The summed E-state index contributed by atoms with van der Waals surface area (Å²) in [7, 11) is 0. The molecular weight excluding hydrogens is 351 g/mol. The van der Waals surface area contributed by atoms with Gasteiger partial charge in [-0.3, -0.25) is 9.59 Å². The molecule has 6 heteroatoms. The van der Waals surface area contributed by atoms with E-state index in [0.717, 1.165) is 19.3 Å². The average Bonchev–Trinajstić information content (AvgIpc) is 2.56. The molecule has 0 saturated carbocycles. The van der Waals surface area contributed by atoms with E-state index in [1.165, 1.54) is 12.1 Å². The van der Waals surface area contributed by atoms with E-state index in [2.05, 4.69) is 6.92 Å². The summed E-state index contributed by atoms with van der Waals surface area (Å²) >= 11 is 11.9. The Hall–Kier alpha value is -1.26. The molecule has 0 fully saturated rings. The molecule has 1 rings (SSSR count). The second-order valence-corrected chi connectivity index (χ2v) is 6.44. The van der Waals surface area contributed by atoms with Crippen molar-refractivity contribution in [2.24, 2.45) is 5.41 Å².